The highest BCUT2D eigenvalue weighted by Gasteiger charge is 2.27. The van der Waals surface area contributed by atoms with Crippen LogP contribution in [0.5, 0.6) is 0 Å². The van der Waals surface area contributed by atoms with Crippen LogP contribution in [0.25, 0.3) is 0 Å². The number of nitrogens with zero attached hydrogens (tertiary/aromatic N) is 2. The number of hydrogen-bond acceptors (Lipinski definition) is 3. The molecule has 1 N–H and O–H groups in total. The number of piperidine rings is 1. The second kappa shape index (κ2) is 6.57. The van der Waals surface area contributed by atoms with Crippen molar-refractivity contribution < 1.29 is 9.53 Å². The van der Waals surface area contributed by atoms with E-state index in [1.807, 2.05) is 19.0 Å². The van der Waals surface area contributed by atoms with Crippen LogP contribution in [0.3, 0.4) is 0 Å². The lowest BCUT2D eigenvalue weighted by Gasteiger charge is -2.34. The highest BCUT2D eigenvalue weighted by molar-refractivity contribution is 5.73. The molecule has 2 rings (SSSR count). The maximum absolute atomic E-state index is 11.8. The lowest BCUT2D eigenvalue weighted by atomic mass is 10.0. The van der Waals surface area contributed by atoms with E-state index in [2.05, 4.69) is 12.2 Å². The molecule has 19 heavy (non-hydrogen) atoms. The summed E-state index contributed by atoms with van der Waals surface area (Å²) < 4.78 is 5.58. The summed E-state index contributed by atoms with van der Waals surface area (Å²) in [5.74, 6) is 0.654. The van der Waals surface area contributed by atoms with Crippen molar-refractivity contribution >= 4 is 6.03 Å². The molecule has 2 unspecified atom stereocenters. The molecule has 0 aromatic heterocycles. The molecule has 0 bridgehead atoms. The highest BCUT2D eigenvalue weighted by Crippen LogP contribution is 2.20. The summed E-state index contributed by atoms with van der Waals surface area (Å²) in [7, 11) is 3.63. The molecule has 2 aliphatic heterocycles. The number of ether oxygens (including phenoxy) is 1. The van der Waals surface area contributed by atoms with Crippen LogP contribution in [-0.2, 0) is 4.74 Å². The lowest BCUT2D eigenvalue weighted by molar-refractivity contribution is 0.103. The van der Waals surface area contributed by atoms with Crippen LogP contribution in [0.4, 0.5) is 4.79 Å². The third-order valence-electron chi connectivity index (χ3n) is 4.35. The van der Waals surface area contributed by atoms with Crippen molar-refractivity contribution in [1.82, 2.24) is 15.1 Å². The molecule has 2 saturated heterocycles. The van der Waals surface area contributed by atoms with Gasteiger partial charge in [-0.1, -0.05) is 0 Å². The van der Waals surface area contributed by atoms with E-state index >= 15 is 0 Å². The summed E-state index contributed by atoms with van der Waals surface area (Å²) >= 11 is 0. The van der Waals surface area contributed by atoms with Crippen LogP contribution in [0, 0.1) is 5.92 Å². The maximum atomic E-state index is 11.8. The first-order valence-electron chi connectivity index (χ1n) is 7.39. The topological polar surface area (TPSA) is 44.8 Å². The molecule has 0 spiro atoms. The zero-order valence-electron chi connectivity index (χ0n) is 12.4. The van der Waals surface area contributed by atoms with Gasteiger partial charge in [-0.3, -0.25) is 0 Å². The summed E-state index contributed by atoms with van der Waals surface area (Å²) in [4.78, 5) is 15.4. The Labute approximate surface area is 116 Å². The minimum Gasteiger partial charge on any atom is -0.378 e. The van der Waals surface area contributed by atoms with Gasteiger partial charge in [-0.2, -0.15) is 0 Å². The molecule has 0 aromatic carbocycles. The minimum atomic E-state index is 0.135. The molecule has 5 nitrogen and oxygen atoms in total. The summed E-state index contributed by atoms with van der Waals surface area (Å²) in [6.07, 6.45) is 3.68. The molecule has 2 atom stereocenters. The average molecular weight is 269 g/mol. The van der Waals surface area contributed by atoms with Crippen molar-refractivity contribution in [2.45, 2.75) is 38.3 Å². The first kappa shape index (κ1) is 14.6. The maximum Gasteiger partial charge on any atom is 0.319 e. The van der Waals surface area contributed by atoms with Gasteiger partial charge in [0.05, 0.1) is 6.10 Å². The van der Waals surface area contributed by atoms with Gasteiger partial charge in [0.15, 0.2) is 0 Å². The van der Waals surface area contributed by atoms with E-state index in [4.69, 9.17) is 4.74 Å². The van der Waals surface area contributed by atoms with Gasteiger partial charge < -0.3 is 19.9 Å². The largest absolute Gasteiger partial charge is 0.378 e. The number of carbonyl (C=O) groups is 1. The van der Waals surface area contributed by atoms with Gasteiger partial charge in [-0.25, -0.2) is 4.79 Å². The second-order valence-electron chi connectivity index (χ2n) is 5.97. The Balaban J connectivity index is 1.67. The van der Waals surface area contributed by atoms with Gasteiger partial charge in [0.1, 0.15) is 0 Å². The van der Waals surface area contributed by atoms with Gasteiger partial charge in [0, 0.05) is 46.4 Å². The van der Waals surface area contributed by atoms with Crippen LogP contribution in [-0.4, -0.2) is 68.3 Å². The normalized spacial score (nSPS) is 28.7. The Hall–Kier alpha value is -0.810. The van der Waals surface area contributed by atoms with E-state index in [0.717, 1.165) is 39.1 Å². The lowest BCUT2D eigenvalue weighted by Crippen LogP contribution is -2.48. The van der Waals surface area contributed by atoms with E-state index in [9.17, 15) is 4.79 Å². The van der Waals surface area contributed by atoms with Crippen LogP contribution in [0.15, 0.2) is 0 Å². The van der Waals surface area contributed by atoms with E-state index in [1.54, 1.807) is 4.90 Å². The standard InChI is InChI=1S/C14H27N3O2/c1-11-12(6-9-19-11)10-15-13-4-7-17(8-5-13)14(18)16(2)3/h11-13,15H,4-10H2,1-3H3. The predicted octanol–water partition coefficient (Wildman–Crippen LogP) is 1.15. The zero-order valence-corrected chi connectivity index (χ0v) is 12.4. The number of urea groups is 1. The van der Waals surface area contributed by atoms with Crippen molar-refractivity contribution in [3.63, 3.8) is 0 Å². The number of hydrogen-bond donors (Lipinski definition) is 1. The van der Waals surface area contributed by atoms with Crippen molar-refractivity contribution in [3.05, 3.63) is 0 Å². The number of carbonyl (C=O) groups excluding carboxylic acids is 1. The molecule has 0 aromatic rings. The third-order valence-corrected chi connectivity index (χ3v) is 4.35. The van der Waals surface area contributed by atoms with Crippen LogP contribution < -0.4 is 5.32 Å². The van der Waals surface area contributed by atoms with Crippen LogP contribution in [0.2, 0.25) is 0 Å². The Kier molecular flexibility index (Phi) is 5.05. The number of likely N-dealkylation sites (tertiary alicyclic amines) is 1. The van der Waals surface area contributed by atoms with E-state index in [1.165, 1.54) is 6.42 Å². The van der Waals surface area contributed by atoms with Gasteiger partial charge in [-0.15, -0.1) is 0 Å². The molecule has 0 aliphatic carbocycles. The Morgan fingerprint density at radius 1 is 1.32 bits per heavy atom. The highest BCUT2D eigenvalue weighted by atomic mass is 16.5. The smallest absolute Gasteiger partial charge is 0.319 e. The zero-order chi connectivity index (χ0) is 13.8. The quantitative estimate of drug-likeness (QED) is 0.836. The fourth-order valence-corrected chi connectivity index (χ4v) is 2.92. The molecule has 2 aliphatic rings. The molecule has 5 heteroatoms. The molecule has 110 valence electrons. The number of nitrogens with one attached hydrogen (secondary N) is 1. The average Bonchev–Trinajstić information content (AvgIpc) is 2.81. The Bertz CT molecular complexity index is 301. The Morgan fingerprint density at radius 3 is 2.53 bits per heavy atom. The summed E-state index contributed by atoms with van der Waals surface area (Å²) in [6, 6.07) is 0.690. The van der Waals surface area contributed by atoms with Gasteiger partial charge >= 0.3 is 6.03 Å². The fraction of sp³-hybridized carbons (Fsp3) is 0.929. The first-order valence-corrected chi connectivity index (χ1v) is 7.39. The monoisotopic (exact) mass is 269 g/mol. The van der Waals surface area contributed by atoms with Crippen LogP contribution in [0.1, 0.15) is 26.2 Å². The molecule has 0 saturated carbocycles. The minimum absolute atomic E-state index is 0.135. The van der Waals surface area contributed by atoms with Gasteiger partial charge in [0.2, 0.25) is 0 Å². The first-order chi connectivity index (χ1) is 9.08. The van der Waals surface area contributed by atoms with E-state index in [-0.39, 0.29) is 6.03 Å². The van der Waals surface area contributed by atoms with Crippen molar-refractivity contribution in [2.24, 2.45) is 5.92 Å². The SMILES string of the molecule is CC1OCCC1CNC1CCN(C(=O)N(C)C)CC1. The second-order valence-corrected chi connectivity index (χ2v) is 5.97. The van der Waals surface area contributed by atoms with Gasteiger partial charge in [-0.05, 0) is 32.1 Å². The number of rotatable bonds is 3. The summed E-state index contributed by atoms with van der Waals surface area (Å²) in [5.41, 5.74) is 0. The molecule has 0 radical (unpaired) electrons. The summed E-state index contributed by atoms with van der Waals surface area (Å²) in [5, 5.41) is 3.65. The Morgan fingerprint density at radius 2 is 2.00 bits per heavy atom. The van der Waals surface area contributed by atoms with E-state index in [0.29, 0.717) is 18.1 Å². The third kappa shape index (κ3) is 3.83. The molecular weight excluding hydrogens is 242 g/mol. The van der Waals surface area contributed by atoms with Crippen LogP contribution >= 0.6 is 0 Å². The van der Waals surface area contributed by atoms with Crippen molar-refractivity contribution in [1.29, 1.82) is 0 Å². The number of amides is 2. The van der Waals surface area contributed by atoms with E-state index < -0.39 is 0 Å². The molecule has 2 heterocycles. The molecule has 2 amide bonds. The van der Waals surface area contributed by atoms with Gasteiger partial charge in [0.25, 0.3) is 0 Å². The predicted molar refractivity (Wildman–Crippen MR) is 75.2 cm³/mol. The fourth-order valence-electron chi connectivity index (χ4n) is 2.92. The summed E-state index contributed by atoms with van der Waals surface area (Å²) in [6.45, 7) is 5.85. The van der Waals surface area contributed by atoms with Crippen molar-refractivity contribution in [2.75, 3.05) is 40.3 Å². The molecular formula is C14H27N3O2. The van der Waals surface area contributed by atoms with Crippen molar-refractivity contribution in [3.8, 4) is 0 Å². The molecule has 2 fully saturated rings.